The molecule has 68 valence electrons. The van der Waals surface area contributed by atoms with Crippen molar-refractivity contribution in [2.24, 2.45) is 0 Å². The highest BCUT2D eigenvalue weighted by Gasteiger charge is 2.26. The lowest BCUT2D eigenvalue weighted by Crippen LogP contribution is -1.99. The maximum Gasteiger partial charge on any atom is 0.194 e. The molecule has 0 unspecified atom stereocenters. The minimum Gasteiger partial charge on any atom is -0.204 e. The molecule has 13 heavy (non-hydrogen) atoms. The molecule has 0 atom stereocenters. The lowest BCUT2D eigenvalue weighted by Gasteiger charge is -2.00. The summed E-state index contributed by atoms with van der Waals surface area (Å²) in [4.78, 5) is 0. The molecule has 0 spiro atoms. The van der Waals surface area contributed by atoms with Gasteiger partial charge in [0.2, 0.25) is 0 Å². The summed E-state index contributed by atoms with van der Waals surface area (Å²) in [5.74, 6) is -3.55. The van der Waals surface area contributed by atoms with Gasteiger partial charge in [0.1, 0.15) is 6.71 Å². The fraction of sp³-hybridized carbons (Fsp3) is 0.333. The van der Waals surface area contributed by atoms with Gasteiger partial charge >= 0.3 is 0 Å². The van der Waals surface area contributed by atoms with Crippen LogP contribution in [0.5, 0.6) is 0 Å². The molecule has 1 aliphatic rings. The SMILES string of the molecule is Fc1cc(CB2CC2)cc(F)c1F. The summed E-state index contributed by atoms with van der Waals surface area (Å²) < 4.78 is 37.9. The monoisotopic (exact) mass is 184 g/mol. The van der Waals surface area contributed by atoms with Gasteiger partial charge in [0.15, 0.2) is 17.5 Å². The van der Waals surface area contributed by atoms with Crippen LogP contribution in [0.2, 0.25) is 12.6 Å². The van der Waals surface area contributed by atoms with Crippen LogP contribution in [-0.4, -0.2) is 6.71 Å². The van der Waals surface area contributed by atoms with E-state index in [-0.39, 0.29) is 0 Å². The second-order valence-corrected chi connectivity index (χ2v) is 3.52. The van der Waals surface area contributed by atoms with Crippen LogP contribution in [0.1, 0.15) is 5.56 Å². The van der Waals surface area contributed by atoms with Crippen LogP contribution in [-0.2, 0) is 6.32 Å². The minimum absolute atomic E-state index is 0.546. The predicted octanol–water partition coefficient (Wildman–Crippen LogP) is 2.69. The Hall–Kier alpha value is -0.925. The van der Waals surface area contributed by atoms with E-state index < -0.39 is 17.5 Å². The lowest BCUT2D eigenvalue weighted by molar-refractivity contribution is 0.446. The largest absolute Gasteiger partial charge is 0.204 e. The van der Waals surface area contributed by atoms with Crippen molar-refractivity contribution in [3.8, 4) is 0 Å². The zero-order valence-electron chi connectivity index (χ0n) is 6.99. The van der Waals surface area contributed by atoms with Crippen LogP contribution in [0.3, 0.4) is 0 Å². The van der Waals surface area contributed by atoms with Gasteiger partial charge < -0.3 is 0 Å². The molecular weight excluding hydrogens is 176 g/mol. The molecule has 0 aromatic heterocycles. The Bertz CT molecular complexity index is 311. The number of halogens is 3. The molecular formula is C9H8BF3. The van der Waals surface area contributed by atoms with E-state index in [0.717, 1.165) is 24.8 Å². The Morgan fingerprint density at radius 2 is 1.62 bits per heavy atom. The molecule has 1 fully saturated rings. The van der Waals surface area contributed by atoms with E-state index in [2.05, 4.69) is 0 Å². The Labute approximate surface area is 74.8 Å². The van der Waals surface area contributed by atoms with E-state index in [1.54, 1.807) is 0 Å². The number of rotatable bonds is 2. The first-order valence-corrected chi connectivity index (χ1v) is 4.30. The Morgan fingerprint density at radius 3 is 2.08 bits per heavy atom. The number of hydrogen-bond acceptors (Lipinski definition) is 0. The summed E-state index contributed by atoms with van der Waals surface area (Å²) in [5.41, 5.74) is 0.555. The second-order valence-electron chi connectivity index (χ2n) is 3.52. The smallest absolute Gasteiger partial charge is 0.194 e. The first-order valence-electron chi connectivity index (χ1n) is 4.30. The maximum absolute atomic E-state index is 12.7. The molecule has 0 bridgehead atoms. The van der Waals surface area contributed by atoms with Crippen LogP contribution < -0.4 is 0 Å². The average Bonchev–Trinajstić information content (AvgIpc) is 2.84. The molecule has 0 nitrogen and oxygen atoms in total. The minimum atomic E-state index is -1.38. The van der Waals surface area contributed by atoms with Gasteiger partial charge in [0, 0.05) is 0 Å². The fourth-order valence-electron chi connectivity index (χ4n) is 1.38. The Kier molecular flexibility index (Phi) is 2.06. The number of benzene rings is 1. The van der Waals surface area contributed by atoms with Gasteiger partial charge in [-0.05, 0) is 24.0 Å². The fourth-order valence-corrected chi connectivity index (χ4v) is 1.38. The van der Waals surface area contributed by atoms with Crippen LogP contribution in [0.4, 0.5) is 13.2 Å². The van der Waals surface area contributed by atoms with Gasteiger partial charge in [-0.1, -0.05) is 12.6 Å². The molecule has 1 aromatic carbocycles. The van der Waals surface area contributed by atoms with Gasteiger partial charge in [-0.15, -0.1) is 0 Å². The van der Waals surface area contributed by atoms with Crippen molar-refractivity contribution < 1.29 is 13.2 Å². The van der Waals surface area contributed by atoms with Crippen molar-refractivity contribution >= 4 is 6.71 Å². The first kappa shape index (κ1) is 8.66. The number of hydrogen-bond donors (Lipinski definition) is 0. The summed E-state index contributed by atoms with van der Waals surface area (Å²) in [6.07, 6.45) is 2.88. The lowest BCUT2D eigenvalue weighted by atomic mass is 9.65. The van der Waals surface area contributed by atoms with Crippen molar-refractivity contribution in [1.29, 1.82) is 0 Å². The molecule has 0 amide bonds. The molecule has 2 rings (SSSR count). The summed E-state index contributed by atoms with van der Waals surface area (Å²) >= 11 is 0. The molecule has 0 aliphatic carbocycles. The highest BCUT2D eigenvalue weighted by atomic mass is 19.2. The van der Waals surface area contributed by atoms with E-state index in [9.17, 15) is 13.2 Å². The van der Waals surface area contributed by atoms with Crippen molar-refractivity contribution in [3.05, 3.63) is 35.1 Å². The van der Waals surface area contributed by atoms with Gasteiger partial charge in [-0.25, -0.2) is 13.2 Å². The molecule has 0 saturated carbocycles. The van der Waals surface area contributed by atoms with Crippen LogP contribution in [0.15, 0.2) is 12.1 Å². The van der Waals surface area contributed by atoms with Crippen molar-refractivity contribution in [1.82, 2.24) is 0 Å². The summed E-state index contributed by atoms with van der Waals surface area (Å²) in [6.45, 7) is 0.546. The summed E-state index contributed by atoms with van der Waals surface area (Å²) in [5, 5.41) is 0. The van der Waals surface area contributed by atoms with E-state index in [1.165, 1.54) is 0 Å². The van der Waals surface area contributed by atoms with Gasteiger partial charge in [0.05, 0.1) is 0 Å². The summed E-state index contributed by atoms with van der Waals surface area (Å²) in [6, 6.07) is 2.16. The quantitative estimate of drug-likeness (QED) is 0.489. The average molecular weight is 184 g/mol. The molecule has 1 saturated heterocycles. The molecule has 0 radical (unpaired) electrons. The highest BCUT2D eigenvalue weighted by molar-refractivity contribution is 6.68. The molecule has 1 heterocycles. The van der Waals surface area contributed by atoms with Crippen LogP contribution >= 0.6 is 0 Å². The zero-order chi connectivity index (χ0) is 9.42. The highest BCUT2D eigenvalue weighted by Crippen LogP contribution is 2.26. The van der Waals surface area contributed by atoms with Gasteiger partial charge in [0.25, 0.3) is 0 Å². The molecule has 4 heteroatoms. The molecule has 1 aromatic rings. The first-order chi connectivity index (χ1) is 6.16. The topological polar surface area (TPSA) is 0 Å². The Morgan fingerprint density at radius 1 is 1.08 bits per heavy atom. The van der Waals surface area contributed by atoms with Crippen LogP contribution in [0.25, 0.3) is 0 Å². The van der Waals surface area contributed by atoms with Crippen molar-refractivity contribution in [2.75, 3.05) is 0 Å². The predicted molar refractivity (Wildman–Crippen MR) is 45.4 cm³/mol. The van der Waals surface area contributed by atoms with E-state index in [0.29, 0.717) is 18.6 Å². The van der Waals surface area contributed by atoms with Crippen LogP contribution in [0, 0.1) is 17.5 Å². The van der Waals surface area contributed by atoms with Gasteiger partial charge in [-0.3, -0.25) is 0 Å². The maximum atomic E-state index is 12.7. The van der Waals surface area contributed by atoms with Crippen molar-refractivity contribution in [2.45, 2.75) is 19.0 Å². The van der Waals surface area contributed by atoms with E-state index in [1.807, 2.05) is 0 Å². The third kappa shape index (κ3) is 1.87. The second kappa shape index (κ2) is 3.09. The Balaban J connectivity index is 2.25. The standard InChI is InChI=1S/C9H8BF3/c11-7-3-6(5-10-1-2-10)4-8(12)9(7)13/h3-4H,1-2,5H2. The molecule has 0 N–H and O–H groups in total. The van der Waals surface area contributed by atoms with E-state index in [4.69, 9.17) is 0 Å². The zero-order valence-corrected chi connectivity index (χ0v) is 6.99. The normalized spacial score (nSPS) is 14.8. The third-order valence-electron chi connectivity index (χ3n) is 2.26. The third-order valence-corrected chi connectivity index (χ3v) is 2.26. The van der Waals surface area contributed by atoms with Crippen molar-refractivity contribution in [3.63, 3.8) is 0 Å². The summed E-state index contributed by atoms with van der Waals surface area (Å²) in [7, 11) is 0. The van der Waals surface area contributed by atoms with Gasteiger partial charge in [-0.2, -0.15) is 0 Å². The molecule has 1 aliphatic heterocycles. The van der Waals surface area contributed by atoms with E-state index >= 15 is 0 Å².